The summed E-state index contributed by atoms with van der Waals surface area (Å²) in [6.45, 7) is 3.15. The van der Waals surface area contributed by atoms with Crippen LogP contribution in [-0.2, 0) is 11.3 Å². The Balaban J connectivity index is 2.30. The Bertz CT molecular complexity index is 641. The molecule has 24 heavy (non-hydrogen) atoms. The van der Waals surface area contributed by atoms with Crippen molar-refractivity contribution >= 4 is 5.91 Å². The summed E-state index contributed by atoms with van der Waals surface area (Å²) in [5, 5.41) is 0. The summed E-state index contributed by atoms with van der Waals surface area (Å²) in [6, 6.07) is 7.08. The number of ether oxygens (including phenoxy) is 3. The highest BCUT2D eigenvalue weighted by molar-refractivity contribution is 5.95. The molecule has 0 radical (unpaired) electrons. The lowest BCUT2D eigenvalue weighted by molar-refractivity contribution is 0.0666. The van der Waals surface area contributed by atoms with E-state index in [-0.39, 0.29) is 5.91 Å². The maximum Gasteiger partial charge on any atom is 0.254 e. The average molecular weight is 333 g/mol. The molecule has 0 unspecified atom stereocenters. The minimum atomic E-state index is -0.139. The molecular formula is C18H23NO5. The van der Waals surface area contributed by atoms with Gasteiger partial charge in [0.2, 0.25) is 0 Å². The van der Waals surface area contributed by atoms with E-state index < -0.39 is 0 Å². The summed E-state index contributed by atoms with van der Waals surface area (Å²) >= 11 is 0. The van der Waals surface area contributed by atoms with E-state index in [4.69, 9.17) is 18.6 Å². The maximum absolute atomic E-state index is 12.9. The van der Waals surface area contributed by atoms with E-state index >= 15 is 0 Å². The number of rotatable bonds is 8. The highest BCUT2D eigenvalue weighted by Gasteiger charge is 2.20. The van der Waals surface area contributed by atoms with E-state index in [1.807, 2.05) is 13.0 Å². The fourth-order valence-corrected chi connectivity index (χ4v) is 2.44. The molecule has 6 heteroatoms. The van der Waals surface area contributed by atoms with E-state index in [0.29, 0.717) is 42.5 Å². The number of carbonyl (C=O) groups is 1. The summed E-state index contributed by atoms with van der Waals surface area (Å²) in [7, 11) is 4.75. The number of amides is 1. The van der Waals surface area contributed by atoms with Crippen molar-refractivity contribution in [1.82, 2.24) is 4.90 Å². The molecule has 0 aliphatic carbocycles. The highest BCUT2D eigenvalue weighted by Crippen LogP contribution is 2.30. The molecule has 0 bridgehead atoms. The average Bonchev–Trinajstić information content (AvgIpc) is 3.11. The Morgan fingerprint density at radius 3 is 2.33 bits per heavy atom. The minimum Gasteiger partial charge on any atom is -0.496 e. The number of carbonyl (C=O) groups excluding carboxylic acids is 1. The third-order valence-corrected chi connectivity index (χ3v) is 3.78. The molecule has 0 atom stereocenters. The minimum absolute atomic E-state index is 0.139. The lowest BCUT2D eigenvalue weighted by atomic mass is 10.1. The van der Waals surface area contributed by atoms with Crippen LogP contribution in [0, 0.1) is 6.92 Å². The van der Waals surface area contributed by atoms with Crippen LogP contribution in [0.15, 0.2) is 34.9 Å². The quantitative estimate of drug-likeness (QED) is 0.743. The molecule has 0 aliphatic rings. The number of furan rings is 1. The molecule has 0 N–H and O–H groups in total. The van der Waals surface area contributed by atoms with Crippen molar-refractivity contribution in [3.8, 4) is 11.5 Å². The van der Waals surface area contributed by atoms with Crippen molar-refractivity contribution in [2.24, 2.45) is 0 Å². The van der Waals surface area contributed by atoms with Crippen LogP contribution in [0.25, 0.3) is 0 Å². The molecule has 1 heterocycles. The third-order valence-electron chi connectivity index (χ3n) is 3.78. The van der Waals surface area contributed by atoms with Gasteiger partial charge in [0, 0.05) is 24.8 Å². The molecule has 2 aromatic rings. The first-order valence-corrected chi connectivity index (χ1v) is 7.64. The Hall–Kier alpha value is -2.47. The second kappa shape index (κ2) is 8.40. The van der Waals surface area contributed by atoms with Gasteiger partial charge >= 0.3 is 0 Å². The van der Waals surface area contributed by atoms with Crippen molar-refractivity contribution in [3.05, 3.63) is 47.4 Å². The van der Waals surface area contributed by atoms with Crippen LogP contribution in [0.3, 0.4) is 0 Å². The molecule has 130 valence electrons. The predicted octanol–water partition coefficient (Wildman–Crippen LogP) is 2.89. The number of benzene rings is 1. The van der Waals surface area contributed by atoms with Gasteiger partial charge < -0.3 is 23.5 Å². The van der Waals surface area contributed by atoms with E-state index in [2.05, 4.69) is 0 Å². The Labute approximate surface area is 141 Å². The van der Waals surface area contributed by atoms with Crippen LogP contribution in [0.4, 0.5) is 0 Å². The van der Waals surface area contributed by atoms with Crippen LogP contribution in [0.5, 0.6) is 11.5 Å². The molecule has 0 saturated heterocycles. The van der Waals surface area contributed by atoms with Gasteiger partial charge in [-0.2, -0.15) is 0 Å². The van der Waals surface area contributed by atoms with Gasteiger partial charge in [-0.05, 0) is 31.2 Å². The second-order valence-electron chi connectivity index (χ2n) is 5.30. The van der Waals surface area contributed by atoms with Gasteiger partial charge in [0.1, 0.15) is 17.3 Å². The summed E-state index contributed by atoms with van der Waals surface area (Å²) in [5.41, 5.74) is 1.35. The molecule has 2 rings (SSSR count). The van der Waals surface area contributed by atoms with Crippen molar-refractivity contribution in [2.45, 2.75) is 13.5 Å². The third kappa shape index (κ3) is 4.08. The first-order chi connectivity index (χ1) is 11.6. The van der Waals surface area contributed by atoms with Gasteiger partial charge in [-0.15, -0.1) is 0 Å². The fourth-order valence-electron chi connectivity index (χ4n) is 2.44. The molecule has 1 amide bonds. The number of nitrogens with zero attached hydrogens (tertiary/aromatic N) is 1. The summed E-state index contributed by atoms with van der Waals surface area (Å²) in [5.74, 6) is 1.80. The molecule has 0 saturated carbocycles. The lowest BCUT2D eigenvalue weighted by Gasteiger charge is -2.22. The predicted molar refractivity (Wildman–Crippen MR) is 89.6 cm³/mol. The lowest BCUT2D eigenvalue weighted by Crippen LogP contribution is -2.33. The second-order valence-corrected chi connectivity index (χ2v) is 5.30. The van der Waals surface area contributed by atoms with Crippen molar-refractivity contribution in [3.63, 3.8) is 0 Å². The van der Waals surface area contributed by atoms with E-state index in [0.717, 1.165) is 5.56 Å². The van der Waals surface area contributed by atoms with Gasteiger partial charge in [0.05, 0.1) is 33.6 Å². The normalized spacial score (nSPS) is 10.5. The summed E-state index contributed by atoms with van der Waals surface area (Å²) < 4.78 is 21.2. The standard InChI is InChI=1S/C18H23NO5/c1-13-16(22-3)10-14(11-17(13)23-4)18(20)19(7-9-21-2)12-15-6-5-8-24-15/h5-6,8,10-11H,7,9,12H2,1-4H3. The van der Waals surface area contributed by atoms with Crippen molar-refractivity contribution in [2.75, 3.05) is 34.5 Å². The molecular weight excluding hydrogens is 310 g/mol. The van der Waals surface area contributed by atoms with E-state index in [1.165, 1.54) is 0 Å². The van der Waals surface area contributed by atoms with Crippen LogP contribution in [-0.4, -0.2) is 45.3 Å². The summed E-state index contributed by atoms with van der Waals surface area (Å²) in [6.07, 6.45) is 1.59. The first-order valence-electron chi connectivity index (χ1n) is 7.64. The largest absolute Gasteiger partial charge is 0.496 e. The van der Waals surface area contributed by atoms with Crippen LogP contribution in [0.1, 0.15) is 21.7 Å². The molecule has 1 aromatic heterocycles. The van der Waals surface area contributed by atoms with Gasteiger partial charge in [-0.1, -0.05) is 0 Å². The van der Waals surface area contributed by atoms with Crippen molar-refractivity contribution in [1.29, 1.82) is 0 Å². The SMILES string of the molecule is COCCN(Cc1ccco1)C(=O)c1cc(OC)c(C)c(OC)c1. The smallest absolute Gasteiger partial charge is 0.254 e. The summed E-state index contributed by atoms with van der Waals surface area (Å²) in [4.78, 5) is 14.6. The fraction of sp³-hybridized carbons (Fsp3) is 0.389. The number of hydrogen-bond donors (Lipinski definition) is 0. The van der Waals surface area contributed by atoms with Crippen LogP contribution in [0.2, 0.25) is 0 Å². The Morgan fingerprint density at radius 1 is 1.17 bits per heavy atom. The zero-order chi connectivity index (χ0) is 17.5. The maximum atomic E-state index is 12.9. The number of methoxy groups -OCH3 is 3. The van der Waals surface area contributed by atoms with Gasteiger partial charge in [0.15, 0.2) is 0 Å². The van der Waals surface area contributed by atoms with E-state index in [9.17, 15) is 4.79 Å². The molecule has 1 aromatic carbocycles. The topological polar surface area (TPSA) is 61.1 Å². The number of hydrogen-bond acceptors (Lipinski definition) is 5. The van der Waals surface area contributed by atoms with Gasteiger partial charge in [-0.3, -0.25) is 4.79 Å². The van der Waals surface area contributed by atoms with Gasteiger partial charge in [0.25, 0.3) is 5.91 Å². The Kier molecular flexibility index (Phi) is 6.26. The zero-order valence-electron chi connectivity index (χ0n) is 14.5. The highest BCUT2D eigenvalue weighted by atomic mass is 16.5. The van der Waals surface area contributed by atoms with Crippen LogP contribution >= 0.6 is 0 Å². The monoisotopic (exact) mass is 333 g/mol. The van der Waals surface area contributed by atoms with Crippen molar-refractivity contribution < 1.29 is 23.4 Å². The first kappa shape index (κ1) is 17.9. The molecule has 6 nitrogen and oxygen atoms in total. The molecule has 0 aliphatic heterocycles. The van der Waals surface area contributed by atoms with E-state index in [1.54, 1.807) is 50.7 Å². The zero-order valence-corrected chi connectivity index (χ0v) is 14.5. The Morgan fingerprint density at radius 2 is 1.83 bits per heavy atom. The molecule has 0 fully saturated rings. The van der Waals surface area contributed by atoms with Crippen LogP contribution < -0.4 is 9.47 Å². The van der Waals surface area contributed by atoms with Gasteiger partial charge in [-0.25, -0.2) is 0 Å². The molecule has 0 spiro atoms.